The van der Waals surface area contributed by atoms with Crippen LogP contribution >= 0.6 is 11.3 Å². The third-order valence-corrected chi connectivity index (χ3v) is 4.80. The van der Waals surface area contributed by atoms with Crippen LogP contribution in [-0.4, -0.2) is 4.98 Å². The number of para-hydroxylation sites is 1. The molecule has 3 heteroatoms. The molecule has 4 aromatic rings. The van der Waals surface area contributed by atoms with E-state index in [1.54, 1.807) is 11.3 Å². The van der Waals surface area contributed by atoms with Gasteiger partial charge in [0.2, 0.25) is 0 Å². The Labute approximate surface area is 139 Å². The van der Waals surface area contributed by atoms with E-state index in [0.29, 0.717) is 0 Å². The number of fused-ring (bicyclic) bond motifs is 1. The zero-order valence-electron chi connectivity index (χ0n) is 12.5. The number of nitrogens with one attached hydrogen (secondary N) is 1. The molecule has 3 aromatic carbocycles. The van der Waals surface area contributed by atoms with E-state index in [1.165, 1.54) is 15.8 Å². The first-order valence-corrected chi connectivity index (χ1v) is 8.44. The first-order valence-electron chi connectivity index (χ1n) is 7.62. The molecule has 0 aliphatic rings. The van der Waals surface area contributed by atoms with E-state index in [1.807, 2.05) is 18.2 Å². The molecule has 0 spiro atoms. The van der Waals surface area contributed by atoms with Gasteiger partial charge in [0.25, 0.3) is 0 Å². The van der Waals surface area contributed by atoms with Gasteiger partial charge in [-0.3, -0.25) is 0 Å². The molecule has 23 heavy (non-hydrogen) atoms. The number of benzene rings is 3. The van der Waals surface area contributed by atoms with E-state index < -0.39 is 0 Å². The second-order valence-electron chi connectivity index (χ2n) is 5.39. The summed E-state index contributed by atoms with van der Waals surface area (Å²) in [5.41, 5.74) is 3.51. The quantitative estimate of drug-likeness (QED) is 0.538. The first-order chi connectivity index (χ1) is 11.4. The Bertz CT molecular complexity index is 828. The van der Waals surface area contributed by atoms with Gasteiger partial charge in [-0.2, -0.15) is 0 Å². The molecular weight excluding hydrogens is 300 g/mol. The van der Waals surface area contributed by atoms with Crippen molar-refractivity contribution >= 4 is 26.7 Å². The van der Waals surface area contributed by atoms with Gasteiger partial charge in [0, 0.05) is 0 Å². The zero-order valence-corrected chi connectivity index (χ0v) is 13.3. The summed E-state index contributed by atoms with van der Waals surface area (Å²) in [4.78, 5) is 4.71. The highest BCUT2D eigenvalue weighted by Crippen LogP contribution is 2.31. The Morgan fingerprint density at radius 2 is 1.26 bits per heavy atom. The van der Waals surface area contributed by atoms with Crippen LogP contribution in [0.1, 0.15) is 17.2 Å². The smallest absolute Gasteiger partial charge is 0.184 e. The lowest BCUT2D eigenvalue weighted by Gasteiger charge is -2.19. The van der Waals surface area contributed by atoms with Gasteiger partial charge in [0.15, 0.2) is 5.13 Å². The van der Waals surface area contributed by atoms with Gasteiger partial charge in [-0.1, -0.05) is 84.1 Å². The van der Waals surface area contributed by atoms with Crippen molar-refractivity contribution in [3.8, 4) is 0 Å². The Kier molecular flexibility index (Phi) is 3.78. The Hall–Kier alpha value is -2.65. The van der Waals surface area contributed by atoms with Crippen LogP contribution in [0.5, 0.6) is 0 Å². The number of thiazole rings is 1. The standard InChI is InChI=1S/C20H16N2S/c1-3-9-15(10-4-1)19(16-11-5-2-6-12-16)22-20-21-17-13-7-8-14-18(17)23-20/h1-14,19H,(H,21,22). The summed E-state index contributed by atoms with van der Waals surface area (Å²) in [6, 6.07) is 29.3. The molecule has 0 amide bonds. The number of hydrogen-bond acceptors (Lipinski definition) is 3. The van der Waals surface area contributed by atoms with Crippen LogP contribution in [0.25, 0.3) is 10.2 Å². The number of aromatic nitrogens is 1. The van der Waals surface area contributed by atoms with Crippen molar-refractivity contribution < 1.29 is 0 Å². The molecule has 0 aliphatic heterocycles. The maximum atomic E-state index is 4.71. The minimum atomic E-state index is 0.0953. The minimum absolute atomic E-state index is 0.0953. The molecule has 112 valence electrons. The van der Waals surface area contributed by atoms with Gasteiger partial charge < -0.3 is 5.32 Å². The van der Waals surface area contributed by atoms with Crippen molar-refractivity contribution in [1.29, 1.82) is 0 Å². The normalized spacial score (nSPS) is 11.0. The van der Waals surface area contributed by atoms with Crippen LogP contribution in [0, 0.1) is 0 Å². The van der Waals surface area contributed by atoms with Crippen molar-refractivity contribution in [3.05, 3.63) is 96.1 Å². The molecular formula is C20H16N2S. The third kappa shape index (κ3) is 2.96. The molecule has 0 saturated heterocycles. The minimum Gasteiger partial charge on any atom is -0.351 e. The van der Waals surface area contributed by atoms with E-state index in [9.17, 15) is 0 Å². The van der Waals surface area contributed by atoms with E-state index in [0.717, 1.165) is 10.6 Å². The molecule has 0 bridgehead atoms. The molecule has 1 N–H and O–H groups in total. The van der Waals surface area contributed by atoms with Crippen LogP contribution < -0.4 is 5.32 Å². The fourth-order valence-electron chi connectivity index (χ4n) is 2.71. The predicted molar refractivity (Wildman–Crippen MR) is 98.0 cm³/mol. The molecule has 1 aromatic heterocycles. The Morgan fingerprint density at radius 1 is 0.696 bits per heavy atom. The summed E-state index contributed by atoms with van der Waals surface area (Å²) in [6.45, 7) is 0. The van der Waals surface area contributed by atoms with Gasteiger partial charge in [-0.15, -0.1) is 0 Å². The Balaban J connectivity index is 1.73. The second kappa shape index (κ2) is 6.23. The number of anilines is 1. The molecule has 0 fully saturated rings. The van der Waals surface area contributed by atoms with Gasteiger partial charge in [0.1, 0.15) is 0 Å². The molecule has 1 heterocycles. The van der Waals surface area contributed by atoms with E-state index in [-0.39, 0.29) is 6.04 Å². The van der Waals surface area contributed by atoms with Crippen molar-refractivity contribution in [3.63, 3.8) is 0 Å². The summed E-state index contributed by atoms with van der Waals surface area (Å²) in [6.07, 6.45) is 0. The molecule has 0 radical (unpaired) electrons. The van der Waals surface area contributed by atoms with Crippen LogP contribution in [0.15, 0.2) is 84.9 Å². The summed E-state index contributed by atoms with van der Waals surface area (Å²) in [7, 11) is 0. The van der Waals surface area contributed by atoms with Crippen molar-refractivity contribution in [2.45, 2.75) is 6.04 Å². The monoisotopic (exact) mass is 316 g/mol. The van der Waals surface area contributed by atoms with E-state index in [2.05, 4.69) is 72.0 Å². The lowest BCUT2D eigenvalue weighted by molar-refractivity contribution is 0.936. The summed E-state index contributed by atoms with van der Waals surface area (Å²) < 4.78 is 1.20. The topological polar surface area (TPSA) is 24.9 Å². The lowest BCUT2D eigenvalue weighted by Crippen LogP contribution is -2.11. The highest BCUT2D eigenvalue weighted by Gasteiger charge is 2.15. The molecule has 0 aliphatic carbocycles. The second-order valence-corrected chi connectivity index (χ2v) is 6.42. The average molecular weight is 316 g/mol. The predicted octanol–water partition coefficient (Wildman–Crippen LogP) is 5.50. The van der Waals surface area contributed by atoms with Gasteiger partial charge >= 0.3 is 0 Å². The summed E-state index contributed by atoms with van der Waals surface area (Å²) >= 11 is 1.69. The maximum absolute atomic E-state index is 4.71. The molecule has 2 nitrogen and oxygen atoms in total. The molecule has 0 atom stereocenters. The number of nitrogens with zero attached hydrogens (tertiary/aromatic N) is 1. The van der Waals surface area contributed by atoms with Crippen LogP contribution in [0.3, 0.4) is 0 Å². The number of hydrogen-bond donors (Lipinski definition) is 1. The number of rotatable bonds is 4. The van der Waals surface area contributed by atoms with Gasteiger partial charge in [0.05, 0.1) is 16.3 Å². The van der Waals surface area contributed by atoms with Crippen molar-refractivity contribution in [2.24, 2.45) is 0 Å². The third-order valence-electron chi connectivity index (χ3n) is 3.83. The highest BCUT2D eigenvalue weighted by molar-refractivity contribution is 7.22. The van der Waals surface area contributed by atoms with Crippen LogP contribution in [0.2, 0.25) is 0 Å². The van der Waals surface area contributed by atoms with Gasteiger partial charge in [-0.05, 0) is 23.3 Å². The molecule has 0 saturated carbocycles. The molecule has 0 unspecified atom stereocenters. The summed E-state index contributed by atoms with van der Waals surface area (Å²) in [5.74, 6) is 0. The zero-order chi connectivity index (χ0) is 15.5. The first kappa shape index (κ1) is 14.0. The highest BCUT2D eigenvalue weighted by atomic mass is 32.1. The average Bonchev–Trinajstić information content (AvgIpc) is 3.04. The van der Waals surface area contributed by atoms with Gasteiger partial charge in [-0.25, -0.2) is 4.98 Å². The largest absolute Gasteiger partial charge is 0.351 e. The lowest BCUT2D eigenvalue weighted by atomic mass is 9.99. The SMILES string of the molecule is c1ccc(C(Nc2nc3ccccc3s2)c2ccccc2)cc1. The van der Waals surface area contributed by atoms with E-state index >= 15 is 0 Å². The summed E-state index contributed by atoms with van der Waals surface area (Å²) in [5, 5.41) is 4.56. The maximum Gasteiger partial charge on any atom is 0.184 e. The Morgan fingerprint density at radius 3 is 1.87 bits per heavy atom. The molecule has 4 rings (SSSR count). The van der Waals surface area contributed by atoms with Crippen LogP contribution in [-0.2, 0) is 0 Å². The van der Waals surface area contributed by atoms with Crippen LogP contribution in [0.4, 0.5) is 5.13 Å². The van der Waals surface area contributed by atoms with Crippen molar-refractivity contribution in [1.82, 2.24) is 4.98 Å². The van der Waals surface area contributed by atoms with E-state index in [4.69, 9.17) is 4.98 Å². The van der Waals surface area contributed by atoms with Crippen molar-refractivity contribution in [2.75, 3.05) is 5.32 Å². The fraction of sp³-hybridized carbons (Fsp3) is 0.0500. The fourth-order valence-corrected chi connectivity index (χ4v) is 3.60.